The summed E-state index contributed by atoms with van der Waals surface area (Å²) in [5, 5.41) is 9.62. The summed E-state index contributed by atoms with van der Waals surface area (Å²) in [5.74, 6) is 1.55. The molecule has 0 heterocycles. The summed E-state index contributed by atoms with van der Waals surface area (Å²) >= 11 is 1.63. The van der Waals surface area contributed by atoms with Crippen LogP contribution in [0.3, 0.4) is 0 Å². The minimum absolute atomic E-state index is 0.374. The molecular weight excluding hydrogens is 184 g/mol. The van der Waals surface area contributed by atoms with Crippen LogP contribution < -0.4 is 4.74 Å². The van der Waals surface area contributed by atoms with Crippen molar-refractivity contribution in [3.63, 3.8) is 0 Å². The van der Waals surface area contributed by atoms with Crippen molar-refractivity contribution in [2.45, 2.75) is 6.10 Å². The highest BCUT2D eigenvalue weighted by Crippen LogP contribution is 2.19. The number of aliphatic hydroxyl groups is 1. The molecule has 3 heteroatoms. The molecule has 2 nitrogen and oxygen atoms in total. The van der Waals surface area contributed by atoms with Gasteiger partial charge in [0.05, 0.1) is 13.2 Å². The van der Waals surface area contributed by atoms with Gasteiger partial charge in [0.1, 0.15) is 5.75 Å². The van der Waals surface area contributed by atoms with Crippen LogP contribution in [-0.2, 0) is 0 Å². The second kappa shape index (κ2) is 5.14. The first-order valence-corrected chi connectivity index (χ1v) is 5.48. The van der Waals surface area contributed by atoms with Crippen LogP contribution in [0.5, 0.6) is 5.75 Å². The summed E-state index contributed by atoms with van der Waals surface area (Å²) in [6, 6.07) is 7.50. The van der Waals surface area contributed by atoms with Gasteiger partial charge in [-0.05, 0) is 24.0 Å². The largest absolute Gasteiger partial charge is 0.497 e. The molecule has 0 fully saturated rings. The van der Waals surface area contributed by atoms with Crippen LogP contribution in [0.4, 0.5) is 0 Å². The van der Waals surface area contributed by atoms with Crippen molar-refractivity contribution in [1.82, 2.24) is 0 Å². The van der Waals surface area contributed by atoms with Crippen molar-refractivity contribution in [1.29, 1.82) is 0 Å². The summed E-state index contributed by atoms with van der Waals surface area (Å²) in [4.78, 5) is 0. The highest BCUT2D eigenvalue weighted by atomic mass is 32.2. The van der Waals surface area contributed by atoms with Crippen LogP contribution in [0.15, 0.2) is 24.3 Å². The maximum absolute atomic E-state index is 9.62. The molecule has 1 atom stereocenters. The van der Waals surface area contributed by atoms with E-state index in [1.165, 1.54) is 0 Å². The highest BCUT2D eigenvalue weighted by Gasteiger charge is 2.05. The monoisotopic (exact) mass is 198 g/mol. The fraction of sp³-hybridized carbons (Fsp3) is 0.400. The Hall–Kier alpha value is -0.670. The summed E-state index contributed by atoms with van der Waals surface area (Å²) in [6.07, 6.45) is 1.60. The molecule has 1 aromatic carbocycles. The second-order valence-electron chi connectivity index (χ2n) is 2.74. The first-order chi connectivity index (χ1) is 6.27. The molecule has 1 aromatic rings. The van der Waals surface area contributed by atoms with Crippen LogP contribution in [-0.4, -0.2) is 24.2 Å². The molecule has 1 rings (SSSR count). The van der Waals surface area contributed by atoms with Crippen molar-refractivity contribution >= 4 is 11.8 Å². The predicted molar refractivity (Wildman–Crippen MR) is 56.3 cm³/mol. The Balaban J connectivity index is 2.67. The normalized spacial score (nSPS) is 12.5. The van der Waals surface area contributed by atoms with Gasteiger partial charge in [0.15, 0.2) is 0 Å². The Morgan fingerprint density at radius 3 is 2.46 bits per heavy atom. The molecule has 0 amide bonds. The van der Waals surface area contributed by atoms with Crippen LogP contribution >= 0.6 is 11.8 Å². The predicted octanol–water partition coefficient (Wildman–Crippen LogP) is 2.09. The number of ether oxygens (including phenoxy) is 1. The molecule has 1 unspecified atom stereocenters. The zero-order chi connectivity index (χ0) is 9.68. The van der Waals surface area contributed by atoms with Crippen molar-refractivity contribution in [3.05, 3.63) is 29.8 Å². The van der Waals surface area contributed by atoms with E-state index in [4.69, 9.17) is 4.74 Å². The lowest BCUT2D eigenvalue weighted by Gasteiger charge is -2.09. The summed E-state index contributed by atoms with van der Waals surface area (Å²) in [6.45, 7) is 0. The molecular formula is C10H14O2S. The van der Waals surface area contributed by atoms with Crippen LogP contribution in [0.2, 0.25) is 0 Å². The Morgan fingerprint density at radius 2 is 2.00 bits per heavy atom. The third-order valence-corrected chi connectivity index (χ3v) is 2.47. The van der Waals surface area contributed by atoms with Crippen molar-refractivity contribution in [3.8, 4) is 5.75 Å². The van der Waals surface area contributed by atoms with Gasteiger partial charge in [0.2, 0.25) is 0 Å². The SMILES string of the molecule is COc1ccc(C(O)CSC)cc1. The van der Waals surface area contributed by atoms with E-state index in [1.807, 2.05) is 30.5 Å². The number of hydrogen-bond acceptors (Lipinski definition) is 3. The minimum atomic E-state index is -0.374. The van der Waals surface area contributed by atoms with E-state index in [0.717, 1.165) is 17.1 Å². The lowest BCUT2D eigenvalue weighted by molar-refractivity contribution is 0.204. The quantitative estimate of drug-likeness (QED) is 0.803. The van der Waals surface area contributed by atoms with Crippen molar-refractivity contribution < 1.29 is 9.84 Å². The zero-order valence-electron chi connectivity index (χ0n) is 7.86. The highest BCUT2D eigenvalue weighted by molar-refractivity contribution is 7.98. The molecule has 0 bridgehead atoms. The van der Waals surface area contributed by atoms with Gasteiger partial charge in [-0.2, -0.15) is 11.8 Å². The smallest absolute Gasteiger partial charge is 0.118 e. The Bertz CT molecular complexity index is 246. The second-order valence-corrected chi connectivity index (χ2v) is 3.65. The Morgan fingerprint density at radius 1 is 1.38 bits per heavy atom. The first kappa shape index (κ1) is 10.4. The van der Waals surface area contributed by atoms with E-state index >= 15 is 0 Å². The van der Waals surface area contributed by atoms with Gasteiger partial charge in [0, 0.05) is 5.75 Å². The molecule has 0 spiro atoms. The Labute approximate surface area is 82.9 Å². The number of rotatable bonds is 4. The molecule has 0 saturated heterocycles. The van der Waals surface area contributed by atoms with Gasteiger partial charge in [-0.15, -0.1) is 0 Å². The number of benzene rings is 1. The van der Waals surface area contributed by atoms with Crippen LogP contribution in [0.1, 0.15) is 11.7 Å². The number of hydrogen-bond donors (Lipinski definition) is 1. The molecule has 0 aromatic heterocycles. The minimum Gasteiger partial charge on any atom is -0.497 e. The molecule has 0 radical (unpaired) electrons. The molecule has 72 valence electrons. The van der Waals surface area contributed by atoms with Gasteiger partial charge in [0.25, 0.3) is 0 Å². The topological polar surface area (TPSA) is 29.5 Å². The molecule has 0 aliphatic heterocycles. The fourth-order valence-electron chi connectivity index (χ4n) is 1.08. The molecule has 1 N–H and O–H groups in total. The van der Waals surface area contributed by atoms with Crippen molar-refractivity contribution in [2.24, 2.45) is 0 Å². The van der Waals surface area contributed by atoms with E-state index in [9.17, 15) is 5.11 Å². The third-order valence-electron chi connectivity index (χ3n) is 1.83. The molecule has 13 heavy (non-hydrogen) atoms. The summed E-state index contributed by atoms with van der Waals surface area (Å²) in [7, 11) is 1.63. The average Bonchev–Trinajstić information content (AvgIpc) is 2.18. The van der Waals surface area contributed by atoms with E-state index in [1.54, 1.807) is 18.9 Å². The third kappa shape index (κ3) is 2.94. The van der Waals surface area contributed by atoms with E-state index in [-0.39, 0.29) is 6.10 Å². The van der Waals surface area contributed by atoms with Gasteiger partial charge < -0.3 is 9.84 Å². The number of aliphatic hydroxyl groups excluding tert-OH is 1. The van der Waals surface area contributed by atoms with Gasteiger partial charge in [-0.1, -0.05) is 12.1 Å². The van der Waals surface area contributed by atoms with Crippen LogP contribution in [0, 0.1) is 0 Å². The van der Waals surface area contributed by atoms with Gasteiger partial charge >= 0.3 is 0 Å². The van der Waals surface area contributed by atoms with E-state index in [2.05, 4.69) is 0 Å². The Kier molecular flexibility index (Phi) is 4.12. The first-order valence-electron chi connectivity index (χ1n) is 4.09. The number of methoxy groups -OCH3 is 1. The van der Waals surface area contributed by atoms with E-state index in [0.29, 0.717) is 0 Å². The van der Waals surface area contributed by atoms with Crippen molar-refractivity contribution in [2.75, 3.05) is 19.1 Å². The summed E-state index contributed by atoms with van der Waals surface area (Å²) < 4.78 is 5.02. The molecule has 0 aliphatic rings. The van der Waals surface area contributed by atoms with Crippen LogP contribution in [0.25, 0.3) is 0 Å². The lowest BCUT2D eigenvalue weighted by atomic mass is 10.1. The zero-order valence-corrected chi connectivity index (χ0v) is 8.67. The number of thioether (sulfide) groups is 1. The molecule has 0 saturated carbocycles. The fourth-order valence-corrected chi connectivity index (χ4v) is 1.59. The van der Waals surface area contributed by atoms with Gasteiger partial charge in [-0.25, -0.2) is 0 Å². The average molecular weight is 198 g/mol. The maximum Gasteiger partial charge on any atom is 0.118 e. The van der Waals surface area contributed by atoms with E-state index < -0.39 is 0 Å². The maximum atomic E-state index is 9.62. The summed E-state index contributed by atoms with van der Waals surface area (Å²) in [5.41, 5.74) is 0.940. The standard InChI is InChI=1S/C10H14O2S/c1-12-9-5-3-8(4-6-9)10(11)7-13-2/h3-6,10-11H,7H2,1-2H3. The molecule has 0 aliphatic carbocycles. The van der Waals surface area contributed by atoms with Gasteiger partial charge in [-0.3, -0.25) is 0 Å². The lowest BCUT2D eigenvalue weighted by Crippen LogP contribution is -1.99.